The lowest BCUT2D eigenvalue weighted by Gasteiger charge is -2.46. The molecule has 11 heterocycles. The molecule has 0 saturated carbocycles. The van der Waals surface area contributed by atoms with E-state index in [0.29, 0.717) is 37.7 Å². The van der Waals surface area contributed by atoms with E-state index in [2.05, 4.69) is 53.0 Å². The molecule has 9 unspecified atom stereocenters. The molecule has 0 aromatic carbocycles. The maximum absolute atomic E-state index is 10.9. The molecule has 0 radical (unpaired) electrons. The predicted octanol–water partition coefficient (Wildman–Crippen LogP) is 1.17. The molecule has 29 N–H and O–H groups in total. The normalized spacial score (nSPS) is 37.5. The highest BCUT2D eigenvalue weighted by atomic mass is 32.1. The minimum Gasteiger partial charge on any atom is -0.481 e. The molecule has 9 saturated heterocycles. The number of ether oxygens (including phenoxy) is 9. The van der Waals surface area contributed by atoms with Gasteiger partial charge in [0.15, 0.2) is 50.1 Å². The van der Waals surface area contributed by atoms with Gasteiger partial charge in [-0.15, -0.1) is 11.3 Å². The minimum atomic E-state index is -1.56. The Morgan fingerprint density at radius 3 is 0.979 bits per heavy atom. The Labute approximate surface area is 842 Å². The van der Waals surface area contributed by atoms with E-state index in [-0.39, 0.29) is 83.7 Å². The number of carbonyl (C=O) groups is 2. The van der Waals surface area contributed by atoms with Gasteiger partial charge in [-0.25, -0.2) is 4.79 Å². The van der Waals surface area contributed by atoms with Crippen LogP contribution in [-0.2, 0) is 57.6 Å². The van der Waals surface area contributed by atoms with Crippen LogP contribution in [-0.4, -0.2) is 406 Å². The van der Waals surface area contributed by atoms with Crippen LogP contribution >= 0.6 is 11.3 Å². The van der Waals surface area contributed by atoms with E-state index in [9.17, 15) is 137 Å². The summed E-state index contributed by atoms with van der Waals surface area (Å²) in [7, 11) is 0. The molecule has 9 fully saturated rings. The summed E-state index contributed by atoms with van der Waals surface area (Å²) >= 11 is 1.83. The molecule has 0 aliphatic carbocycles. The molecule has 43 heteroatoms. The van der Waals surface area contributed by atoms with Crippen LogP contribution in [0.5, 0.6) is 0 Å². The van der Waals surface area contributed by atoms with Gasteiger partial charge in [-0.3, -0.25) is 14.8 Å². The highest BCUT2D eigenvalue weighted by molar-refractivity contribution is 7.10. The summed E-state index contributed by atoms with van der Waals surface area (Å²) in [4.78, 5) is 31.0. The number of carboxylic acid groups (broad SMARTS) is 2. The molecule has 0 bridgehead atoms. The van der Waals surface area contributed by atoms with Crippen LogP contribution in [0.3, 0.4) is 0 Å². The van der Waals surface area contributed by atoms with Crippen LogP contribution in [0, 0.1) is 92.2 Å². The van der Waals surface area contributed by atoms with Crippen molar-refractivity contribution in [2.45, 2.75) is 455 Å². The standard InChI is InChI=1S/C11H20O6.2C10H20O4.C9H16O5.2C9H18O5.2C9H18O4.C9H18O3.C8H12S.C6H8N2/c1-11(2,3)8-5(4-12)7(13)6(9(14)15)10(16)17-8;2*1-10(2,3)8-4-6(12)9(13)7(5-11)14-8;1-9(2,3)4-5(10)6(7(11)12)14-8(4)13;2*1-9(2,3)7-5(11)4(10)6(12)8(13)14-7;1-9(2,3)6-4-5(10)7(11)8(12)13-6;1-9(2,3)5-4-6(10)13-8(12)7(5)11;1-9(2,3)6-4-12-5-7(10)8(6)11;1-8(2,3)7-5-4-6-9-7;1-5-3-8-6(2)4-7-5/h5-8,10,12-13,16H,4H2,1-3H3,(H,14,15);2*6-9,11-13H,4-5H2,1-3H3;4-6,8,10,13H,1-3H3,(H,11,12);2*4-8,10-13H,1-3H3;2*5-8,10-12H,4H2,1-3H3;6-8,10-11H,4-5H2,1-3H3;4-6H,1-3H3;3-4H,1-2H3/t5-,6-,7-,8?,10+;6-,7+,8?,9-;6-,7-,8?,9+;4?,5-,6-,8-;2*4-,5-,6+,7?,8+;5-,6?,7-,8+;5?,6-,7-,8-;6?,7-,8-;;/m101110100../s1. The fourth-order valence-electron chi connectivity index (χ4n) is 16.4. The largest absolute Gasteiger partial charge is 0.481 e. The fraction of sp³-hybridized carbons (Fsp3) is 0.899. The summed E-state index contributed by atoms with van der Waals surface area (Å²) in [6, 6.07) is 4.29. The Morgan fingerprint density at radius 2 is 0.697 bits per heavy atom. The average molecular weight is 2080 g/mol. The zero-order chi connectivity index (χ0) is 111. The molecule has 9 aliphatic heterocycles. The van der Waals surface area contributed by atoms with Gasteiger partial charge in [0.05, 0.1) is 118 Å². The molecule has 0 spiro atoms. The number of hydrogen-bond donors (Lipinski definition) is 29. The van der Waals surface area contributed by atoms with Crippen LogP contribution in [0.2, 0.25) is 0 Å². The van der Waals surface area contributed by atoms with Crippen LogP contribution < -0.4 is 0 Å². The van der Waals surface area contributed by atoms with Crippen molar-refractivity contribution in [1.29, 1.82) is 0 Å². The monoisotopic (exact) mass is 2080 g/mol. The number of hydrogen-bond acceptors (Lipinski definition) is 41. The molecule has 42 nitrogen and oxygen atoms in total. The van der Waals surface area contributed by atoms with Crippen LogP contribution in [0.15, 0.2) is 29.9 Å². The lowest BCUT2D eigenvalue weighted by atomic mass is 9.74. The molecule has 0 amide bonds. The van der Waals surface area contributed by atoms with Crippen molar-refractivity contribution in [3.8, 4) is 0 Å². The second-order valence-corrected chi connectivity index (χ2v) is 49.7. The first-order valence-electron chi connectivity index (χ1n) is 48.4. The Bertz CT molecular complexity index is 3680. The number of aliphatic hydroxyl groups is 27. The molecule has 9 aliphatic rings. The van der Waals surface area contributed by atoms with Crippen LogP contribution in [0.25, 0.3) is 0 Å². The molecule has 2 aromatic rings. The van der Waals surface area contributed by atoms with Crippen molar-refractivity contribution < 1.29 is 200 Å². The van der Waals surface area contributed by atoms with E-state index >= 15 is 0 Å². The first-order valence-corrected chi connectivity index (χ1v) is 49.2. The van der Waals surface area contributed by atoms with E-state index in [4.69, 9.17) is 58.3 Å². The summed E-state index contributed by atoms with van der Waals surface area (Å²) in [5.74, 6) is -5.43. The van der Waals surface area contributed by atoms with E-state index in [1.807, 2.05) is 212 Å². The summed E-state index contributed by atoms with van der Waals surface area (Å²) in [5.41, 5.74) is 0.155. The Hall–Kier alpha value is -3.72. The number of aliphatic hydroxyl groups excluding tert-OH is 27. The Balaban J connectivity index is 0.000000784. The minimum absolute atomic E-state index is 0.0131. The molecule has 2 aromatic heterocycles. The van der Waals surface area contributed by atoms with Gasteiger partial charge < -0.3 is 191 Å². The number of rotatable bonds is 5. The maximum Gasteiger partial charge on any atom is 0.335 e. The highest BCUT2D eigenvalue weighted by Crippen LogP contribution is 2.44. The lowest BCUT2D eigenvalue weighted by molar-refractivity contribution is -0.299. The SMILES string of the molecule is CC(C)(C)C1COC[C@H](O)[C@H]1O.CC(C)(C)C1C[C@@H](O)O[C@H](O)[C@H]1O.CC(C)(C)C1C[C@@H](O)[C@@H](O)[C@@H](O)O1.CC(C)(C)C1C[C@@H](O)[C@H](O)[C@@H](CO)O1.CC(C)(C)C1C[C@H](O)[C@H](O)[C@@H](CO)O1.CC(C)(C)C1O[C@@H](O)[C@H](O)[C@@H](O)[C@@H]1O.CC(C)(C)C1O[C@H](O)[C@@H](C(=O)O)[C@H](O)[C@H]1CO.CC(C)(C)C1O[C@H](O)[C@@H](O)[C@H](O)[C@H]1O.CC(C)(C)C1[C@H](O)O[C@@H](C(=O)O)[C@@H]1O.CC(C)(C)c1cccs1.Cc1cnc(C)cn1. The van der Waals surface area contributed by atoms with E-state index < -0.39 is 236 Å². The highest BCUT2D eigenvalue weighted by Gasteiger charge is 2.55. The third kappa shape index (κ3) is 42.8. The Morgan fingerprint density at radius 1 is 0.331 bits per heavy atom. The second-order valence-electron chi connectivity index (χ2n) is 48.7. The zero-order valence-corrected chi connectivity index (χ0v) is 90.3. The van der Waals surface area contributed by atoms with Gasteiger partial charge in [0.2, 0.25) is 0 Å². The molecular formula is C99H186N2O40S. The molecule has 11 rings (SSSR count). The van der Waals surface area contributed by atoms with Crippen molar-refractivity contribution in [3.63, 3.8) is 0 Å². The molecule has 838 valence electrons. The summed E-state index contributed by atoms with van der Waals surface area (Å²) in [6.07, 6.45) is -27.6. The van der Waals surface area contributed by atoms with E-state index in [0.717, 1.165) is 11.4 Å². The van der Waals surface area contributed by atoms with E-state index in [1.54, 1.807) is 12.4 Å². The smallest absolute Gasteiger partial charge is 0.335 e. The second kappa shape index (κ2) is 57.1. The zero-order valence-electron chi connectivity index (χ0n) is 89.5. The van der Waals surface area contributed by atoms with E-state index in [1.165, 1.54) is 4.88 Å². The van der Waals surface area contributed by atoms with Crippen molar-refractivity contribution >= 4 is 23.3 Å². The van der Waals surface area contributed by atoms with Crippen molar-refractivity contribution in [3.05, 3.63) is 46.2 Å². The number of carboxylic acids is 2. The predicted molar refractivity (Wildman–Crippen MR) is 520 cm³/mol. The molecule has 38 atom stereocenters. The quantitative estimate of drug-likeness (QED) is 0.200. The lowest BCUT2D eigenvalue weighted by Crippen LogP contribution is -2.60. The molecular weight excluding hydrogens is 1890 g/mol. The fourth-order valence-corrected chi connectivity index (χ4v) is 17.2. The van der Waals surface area contributed by atoms with Gasteiger partial charge in [-0.1, -0.05) is 214 Å². The van der Waals surface area contributed by atoms with Crippen LogP contribution in [0.4, 0.5) is 0 Å². The summed E-state index contributed by atoms with van der Waals surface area (Å²) < 4.78 is 46.2. The van der Waals surface area contributed by atoms with Gasteiger partial charge in [-0.05, 0) is 85.4 Å². The van der Waals surface area contributed by atoms with Gasteiger partial charge in [0.1, 0.15) is 85.3 Å². The first-order chi connectivity index (χ1) is 64.1. The summed E-state index contributed by atoms with van der Waals surface area (Å²) in [6.45, 7) is 62.3. The third-order valence-corrected chi connectivity index (χ3v) is 26.9. The van der Waals surface area contributed by atoms with Gasteiger partial charge >= 0.3 is 11.9 Å². The Kier molecular flexibility index (Phi) is 54.8. The number of aryl methyl sites for hydroxylation is 2. The number of thiophene rings is 1. The maximum atomic E-state index is 10.9. The van der Waals surface area contributed by atoms with Gasteiger partial charge in [0.25, 0.3) is 0 Å². The van der Waals surface area contributed by atoms with Crippen molar-refractivity contribution in [2.75, 3.05) is 33.0 Å². The third-order valence-electron chi connectivity index (χ3n) is 25.6. The van der Waals surface area contributed by atoms with Crippen molar-refractivity contribution in [1.82, 2.24) is 9.97 Å². The summed E-state index contributed by atoms with van der Waals surface area (Å²) in [5, 5.41) is 274. The number of aromatic nitrogens is 2. The van der Waals surface area contributed by atoms with Gasteiger partial charge in [0, 0.05) is 60.7 Å². The average Bonchev–Trinajstić information content (AvgIpc) is 1.39. The number of nitrogens with zero attached hydrogens (tertiary/aromatic N) is 2. The van der Waals surface area contributed by atoms with Crippen molar-refractivity contribution in [2.24, 2.45) is 78.3 Å². The first kappa shape index (κ1) is 136. The van der Waals surface area contributed by atoms with Gasteiger partial charge in [-0.2, -0.15) is 0 Å². The number of aliphatic carboxylic acids is 2. The molecule has 142 heavy (non-hydrogen) atoms. The topological polar surface area (TPSA) is 730 Å². The van der Waals surface area contributed by atoms with Crippen LogP contribution in [0.1, 0.15) is 250 Å².